The molecule has 4 heteroatoms. The molecule has 0 aromatic carbocycles. The first-order valence-electron chi connectivity index (χ1n) is 7.38. The number of hydrogen-bond acceptors (Lipinski definition) is 4. The van der Waals surface area contributed by atoms with Crippen molar-refractivity contribution < 1.29 is 9.53 Å². The molecule has 0 aromatic rings. The Balaban J connectivity index is 1.90. The van der Waals surface area contributed by atoms with E-state index < -0.39 is 0 Å². The minimum absolute atomic E-state index is 0.0709. The van der Waals surface area contributed by atoms with Crippen molar-refractivity contribution in [1.82, 2.24) is 5.32 Å². The molecule has 2 fully saturated rings. The van der Waals surface area contributed by atoms with Gasteiger partial charge in [-0.2, -0.15) is 0 Å². The van der Waals surface area contributed by atoms with Gasteiger partial charge in [-0.25, -0.2) is 0 Å². The van der Waals surface area contributed by atoms with Gasteiger partial charge in [0.05, 0.1) is 0 Å². The fourth-order valence-electron chi connectivity index (χ4n) is 3.20. The Hall–Kier alpha value is -0.610. The summed E-state index contributed by atoms with van der Waals surface area (Å²) in [6.45, 7) is 2.88. The largest absolute Gasteiger partial charge is 0.459 e. The summed E-state index contributed by atoms with van der Waals surface area (Å²) in [7, 11) is 0. The molecule has 4 nitrogen and oxygen atoms in total. The van der Waals surface area contributed by atoms with Crippen LogP contribution in [0.15, 0.2) is 0 Å². The number of carbonyl (C=O) groups excluding carboxylic acids is 1. The standard InChI is InChI=1S/C14H26N2O2/c1-10(15)13(11-6-3-2-4-7-11)18-14(17)12-8-5-9-16-12/h10-13,16H,2-9,15H2,1H3. The Kier molecular flexibility index (Phi) is 5.01. The molecule has 18 heavy (non-hydrogen) atoms. The first-order chi connectivity index (χ1) is 8.68. The summed E-state index contributed by atoms with van der Waals surface area (Å²) < 4.78 is 5.71. The van der Waals surface area contributed by atoms with E-state index in [4.69, 9.17) is 10.5 Å². The molecule has 0 radical (unpaired) electrons. The average molecular weight is 254 g/mol. The van der Waals surface area contributed by atoms with Crippen molar-refractivity contribution in [3.63, 3.8) is 0 Å². The Bertz CT molecular complexity index is 269. The van der Waals surface area contributed by atoms with Crippen molar-refractivity contribution in [2.75, 3.05) is 6.54 Å². The van der Waals surface area contributed by atoms with E-state index in [0.29, 0.717) is 5.92 Å². The van der Waals surface area contributed by atoms with Crippen molar-refractivity contribution in [1.29, 1.82) is 0 Å². The van der Waals surface area contributed by atoms with Crippen LogP contribution in [0, 0.1) is 5.92 Å². The molecule has 3 N–H and O–H groups in total. The zero-order valence-corrected chi connectivity index (χ0v) is 11.4. The maximum atomic E-state index is 12.1. The van der Waals surface area contributed by atoms with Crippen LogP contribution < -0.4 is 11.1 Å². The van der Waals surface area contributed by atoms with E-state index in [1.165, 1.54) is 19.3 Å². The number of hydrogen-bond donors (Lipinski definition) is 2. The molecule has 1 heterocycles. The predicted octanol–water partition coefficient (Wildman–Crippen LogP) is 1.58. The van der Waals surface area contributed by atoms with Crippen LogP contribution in [0.5, 0.6) is 0 Å². The van der Waals surface area contributed by atoms with Gasteiger partial charge in [0.2, 0.25) is 0 Å². The highest BCUT2D eigenvalue weighted by Crippen LogP contribution is 2.29. The Labute approximate surface area is 110 Å². The number of carbonyl (C=O) groups is 1. The Morgan fingerprint density at radius 3 is 2.50 bits per heavy atom. The van der Waals surface area contributed by atoms with Gasteiger partial charge in [0, 0.05) is 6.04 Å². The lowest BCUT2D eigenvalue weighted by Gasteiger charge is -2.33. The fraction of sp³-hybridized carbons (Fsp3) is 0.929. The second-order valence-electron chi connectivity index (χ2n) is 5.81. The Morgan fingerprint density at radius 2 is 1.94 bits per heavy atom. The minimum Gasteiger partial charge on any atom is -0.459 e. The summed E-state index contributed by atoms with van der Waals surface area (Å²) in [5.74, 6) is 0.365. The number of nitrogens with one attached hydrogen (secondary N) is 1. The van der Waals surface area contributed by atoms with Crippen LogP contribution >= 0.6 is 0 Å². The summed E-state index contributed by atoms with van der Waals surface area (Å²) in [6.07, 6.45) is 7.96. The van der Waals surface area contributed by atoms with E-state index in [2.05, 4.69) is 5.32 Å². The number of ether oxygens (including phenoxy) is 1. The number of nitrogens with two attached hydrogens (primary N) is 1. The smallest absolute Gasteiger partial charge is 0.323 e. The molecule has 1 aliphatic heterocycles. The SMILES string of the molecule is CC(N)C(OC(=O)C1CCCN1)C1CCCCC1. The van der Waals surface area contributed by atoms with Gasteiger partial charge in [-0.1, -0.05) is 19.3 Å². The van der Waals surface area contributed by atoms with Crippen molar-refractivity contribution in [3.05, 3.63) is 0 Å². The molecule has 0 bridgehead atoms. The van der Waals surface area contributed by atoms with Crippen molar-refractivity contribution in [2.45, 2.75) is 70.1 Å². The van der Waals surface area contributed by atoms with E-state index >= 15 is 0 Å². The lowest BCUT2D eigenvalue weighted by Crippen LogP contribution is -2.45. The third kappa shape index (κ3) is 3.45. The predicted molar refractivity (Wildman–Crippen MR) is 71.1 cm³/mol. The van der Waals surface area contributed by atoms with Crippen molar-refractivity contribution in [3.8, 4) is 0 Å². The van der Waals surface area contributed by atoms with E-state index in [9.17, 15) is 4.79 Å². The van der Waals surface area contributed by atoms with Crippen LogP contribution in [-0.2, 0) is 9.53 Å². The van der Waals surface area contributed by atoms with Crippen LogP contribution in [0.2, 0.25) is 0 Å². The van der Waals surface area contributed by atoms with Crippen LogP contribution in [0.3, 0.4) is 0 Å². The van der Waals surface area contributed by atoms with Gasteiger partial charge in [-0.05, 0) is 45.1 Å². The molecule has 1 aliphatic carbocycles. The summed E-state index contributed by atoms with van der Waals surface area (Å²) in [6, 6.07) is -0.173. The minimum atomic E-state index is -0.102. The zero-order valence-electron chi connectivity index (χ0n) is 11.4. The second-order valence-corrected chi connectivity index (χ2v) is 5.81. The molecular weight excluding hydrogens is 228 g/mol. The van der Waals surface area contributed by atoms with Gasteiger partial charge in [-0.3, -0.25) is 4.79 Å². The van der Waals surface area contributed by atoms with Crippen LogP contribution in [0.25, 0.3) is 0 Å². The molecule has 3 atom stereocenters. The van der Waals surface area contributed by atoms with Gasteiger partial charge in [-0.15, -0.1) is 0 Å². The van der Waals surface area contributed by atoms with Crippen LogP contribution in [0.1, 0.15) is 51.9 Å². The highest BCUT2D eigenvalue weighted by molar-refractivity contribution is 5.76. The second kappa shape index (κ2) is 6.53. The molecule has 0 spiro atoms. The first-order valence-corrected chi connectivity index (χ1v) is 7.38. The van der Waals surface area contributed by atoms with Gasteiger partial charge in [0.25, 0.3) is 0 Å². The Morgan fingerprint density at radius 1 is 1.22 bits per heavy atom. The summed E-state index contributed by atoms with van der Waals surface area (Å²) in [5, 5.41) is 3.19. The molecular formula is C14H26N2O2. The molecule has 0 aromatic heterocycles. The van der Waals surface area contributed by atoms with Crippen molar-refractivity contribution in [2.24, 2.45) is 11.7 Å². The monoisotopic (exact) mass is 254 g/mol. The highest BCUT2D eigenvalue weighted by atomic mass is 16.5. The zero-order chi connectivity index (χ0) is 13.0. The highest BCUT2D eigenvalue weighted by Gasteiger charge is 2.32. The summed E-state index contributed by atoms with van der Waals surface area (Å²) in [5.41, 5.74) is 6.02. The number of esters is 1. The van der Waals surface area contributed by atoms with Crippen LogP contribution in [0.4, 0.5) is 0 Å². The van der Waals surface area contributed by atoms with E-state index in [1.807, 2.05) is 6.92 Å². The molecule has 1 saturated heterocycles. The van der Waals surface area contributed by atoms with Gasteiger partial charge in [0.15, 0.2) is 0 Å². The van der Waals surface area contributed by atoms with E-state index in [1.54, 1.807) is 0 Å². The third-order valence-corrected chi connectivity index (χ3v) is 4.23. The van der Waals surface area contributed by atoms with Gasteiger partial charge in [0.1, 0.15) is 12.1 Å². The first kappa shape index (κ1) is 13.8. The molecule has 2 rings (SSSR count). The third-order valence-electron chi connectivity index (χ3n) is 4.23. The normalized spacial score (nSPS) is 28.9. The fourth-order valence-corrected chi connectivity index (χ4v) is 3.20. The van der Waals surface area contributed by atoms with Crippen LogP contribution in [-0.4, -0.2) is 30.7 Å². The number of rotatable bonds is 4. The van der Waals surface area contributed by atoms with Gasteiger partial charge >= 0.3 is 5.97 Å². The van der Waals surface area contributed by atoms with E-state index in [0.717, 1.165) is 32.2 Å². The molecule has 0 amide bonds. The van der Waals surface area contributed by atoms with Gasteiger partial charge < -0.3 is 15.8 Å². The quantitative estimate of drug-likeness (QED) is 0.748. The lowest BCUT2D eigenvalue weighted by atomic mass is 9.83. The molecule has 104 valence electrons. The molecule has 1 saturated carbocycles. The van der Waals surface area contributed by atoms with Crippen molar-refractivity contribution >= 4 is 5.97 Å². The topological polar surface area (TPSA) is 64.3 Å². The molecule has 3 unspecified atom stereocenters. The maximum absolute atomic E-state index is 12.1. The maximum Gasteiger partial charge on any atom is 0.323 e. The summed E-state index contributed by atoms with van der Waals surface area (Å²) in [4.78, 5) is 12.1. The average Bonchev–Trinajstić information content (AvgIpc) is 2.90. The summed E-state index contributed by atoms with van der Waals surface area (Å²) >= 11 is 0. The lowest BCUT2D eigenvalue weighted by molar-refractivity contribution is -0.156. The van der Waals surface area contributed by atoms with E-state index in [-0.39, 0.29) is 24.2 Å². The molecule has 2 aliphatic rings.